The average Bonchev–Trinajstić information content (AvgIpc) is 3.70. The Morgan fingerprint density at radius 2 is 1.70 bits per heavy atom. The van der Waals surface area contributed by atoms with Crippen molar-refractivity contribution in [3.63, 3.8) is 0 Å². The van der Waals surface area contributed by atoms with Crippen molar-refractivity contribution in [2.45, 2.75) is 37.3 Å². The summed E-state index contributed by atoms with van der Waals surface area (Å²) in [5.41, 5.74) is 3.67. The number of anilines is 2. The molecule has 1 spiro atoms. The maximum absolute atomic E-state index is 14.8. The Balaban J connectivity index is 1.50. The van der Waals surface area contributed by atoms with Crippen LogP contribution in [0.2, 0.25) is 0 Å². The van der Waals surface area contributed by atoms with Gasteiger partial charge in [-0.3, -0.25) is 14.4 Å². The van der Waals surface area contributed by atoms with E-state index in [1.807, 2.05) is 107 Å². The summed E-state index contributed by atoms with van der Waals surface area (Å²) < 4.78 is 0. The van der Waals surface area contributed by atoms with Gasteiger partial charge in [0.2, 0.25) is 5.91 Å². The third-order valence-corrected chi connectivity index (χ3v) is 9.52. The molecule has 0 radical (unpaired) electrons. The van der Waals surface area contributed by atoms with Crippen LogP contribution in [0.15, 0.2) is 96.4 Å². The van der Waals surface area contributed by atoms with Crippen molar-refractivity contribution in [3.05, 3.63) is 124 Å². The predicted molar refractivity (Wildman–Crippen MR) is 159 cm³/mol. The molecule has 0 unspecified atom stereocenters. The molecular formula is C34H28N2O3S. The number of carbonyl (C=O) groups excluding carboxylic acids is 3. The average molecular weight is 545 g/mol. The van der Waals surface area contributed by atoms with E-state index in [-0.39, 0.29) is 17.5 Å². The van der Waals surface area contributed by atoms with E-state index in [1.54, 1.807) is 0 Å². The lowest BCUT2D eigenvalue weighted by Gasteiger charge is -2.37. The first-order valence-electron chi connectivity index (χ1n) is 13.7. The van der Waals surface area contributed by atoms with Crippen LogP contribution in [0.25, 0.3) is 6.08 Å². The maximum atomic E-state index is 14.8. The van der Waals surface area contributed by atoms with Crippen LogP contribution in [0.4, 0.5) is 11.4 Å². The number of rotatable bonds is 6. The van der Waals surface area contributed by atoms with Gasteiger partial charge in [0.05, 0.1) is 16.8 Å². The molecule has 0 saturated carbocycles. The van der Waals surface area contributed by atoms with E-state index < -0.39 is 23.4 Å². The number of amides is 1. The topological polar surface area (TPSA) is 66.5 Å². The molecular weight excluding hydrogens is 516 g/mol. The summed E-state index contributed by atoms with van der Waals surface area (Å²) in [5, 5.41) is 4.96. The summed E-state index contributed by atoms with van der Waals surface area (Å²) in [6.07, 6.45) is 5.96. The molecule has 1 fully saturated rings. The highest BCUT2D eigenvalue weighted by atomic mass is 32.1. The fraction of sp³-hybridized carbons (Fsp3) is 0.206. The summed E-state index contributed by atoms with van der Waals surface area (Å²) in [5.74, 6) is -1.51. The highest BCUT2D eigenvalue weighted by molar-refractivity contribution is 7.12. The van der Waals surface area contributed by atoms with Gasteiger partial charge in [-0.25, -0.2) is 0 Å². The van der Waals surface area contributed by atoms with Gasteiger partial charge >= 0.3 is 0 Å². The van der Waals surface area contributed by atoms with Gasteiger partial charge in [-0.2, -0.15) is 0 Å². The van der Waals surface area contributed by atoms with E-state index in [2.05, 4.69) is 12.2 Å². The minimum atomic E-state index is -1.28. The molecule has 198 valence electrons. The molecule has 7 rings (SSSR count). The maximum Gasteiger partial charge on any atom is 0.238 e. The molecule has 3 aliphatic heterocycles. The molecule has 6 heteroatoms. The molecule has 5 nitrogen and oxygen atoms in total. The number of fused-ring (bicyclic) bond motifs is 6. The Morgan fingerprint density at radius 1 is 0.925 bits per heavy atom. The van der Waals surface area contributed by atoms with Crippen LogP contribution in [0.3, 0.4) is 0 Å². The van der Waals surface area contributed by atoms with Gasteiger partial charge < -0.3 is 10.2 Å². The van der Waals surface area contributed by atoms with Crippen LogP contribution in [0, 0.1) is 5.92 Å². The lowest BCUT2D eigenvalue weighted by molar-refractivity contribution is -0.121. The Bertz CT molecular complexity index is 1670. The van der Waals surface area contributed by atoms with E-state index in [1.165, 1.54) is 11.3 Å². The first kappa shape index (κ1) is 24.7. The minimum absolute atomic E-state index is 0.139. The molecule has 3 aliphatic rings. The first-order chi connectivity index (χ1) is 19.6. The van der Waals surface area contributed by atoms with Crippen LogP contribution >= 0.6 is 11.3 Å². The Hall–Kier alpha value is -4.29. The SMILES string of the molecule is CCCc1ccc(C(=O)[C@@H]2[C@H](C(=O)c3cccs3)N3c4ccccc4C=C[C@@H]3[C@]23C(=O)Nc2ccccc23)cc1. The number of Topliss-reactive ketones (excluding diaryl/α,β-unsaturated/α-hetero) is 2. The van der Waals surface area contributed by atoms with Crippen LogP contribution in [0.5, 0.6) is 0 Å². The molecule has 4 atom stereocenters. The van der Waals surface area contributed by atoms with Crippen LogP contribution in [0.1, 0.15) is 50.1 Å². The van der Waals surface area contributed by atoms with Crippen molar-refractivity contribution in [2.24, 2.45) is 5.92 Å². The van der Waals surface area contributed by atoms with Gasteiger partial charge in [0.15, 0.2) is 11.6 Å². The van der Waals surface area contributed by atoms with Gasteiger partial charge in [0.1, 0.15) is 11.5 Å². The standard InChI is InChI=1S/C34H28N2O3S/c1-2-8-21-14-16-23(17-15-21)31(37)29-30(32(38)27-13-7-20-40-27)36-26-12-6-3-9-22(26)18-19-28(36)34(29)24-10-4-5-11-25(24)35-33(34)39/h3-7,9-20,28-30H,2,8H2,1H3,(H,35,39)/t28-,29+,30-,34+/m1/s1. The molecule has 1 aromatic heterocycles. The Morgan fingerprint density at radius 3 is 2.48 bits per heavy atom. The van der Waals surface area contributed by atoms with Gasteiger partial charge in [0, 0.05) is 16.9 Å². The first-order valence-corrected chi connectivity index (χ1v) is 14.6. The predicted octanol–water partition coefficient (Wildman–Crippen LogP) is 6.56. The highest BCUT2D eigenvalue weighted by Gasteiger charge is 2.70. The summed E-state index contributed by atoms with van der Waals surface area (Å²) in [6, 6.07) is 25.4. The van der Waals surface area contributed by atoms with Gasteiger partial charge in [-0.05, 0) is 46.7 Å². The zero-order valence-electron chi connectivity index (χ0n) is 22.0. The zero-order chi connectivity index (χ0) is 27.4. The van der Waals surface area contributed by atoms with Crippen molar-refractivity contribution in [1.82, 2.24) is 0 Å². The summed E-state index contributed by atoms with van der Waals surface area (Å²) >= 11 is 1.37. The van der Waals surface area contributed by atoms with Crippen molar-refractivity contribution in [3.8, 4) is 0 Å². The molecule has 1 saturated heterocycles. The van der Waals surface area contributed by atoms with Crippen molar-refractivity contribution < 1.29 is 14.4 Å². The zero-order valence-corrected chi connectivity index (χ0v) is 22.9. The Kier molecular flexibility index (Phi) is 5.82. The van der Waals surface area contributed by atoms with Crippen LogP contribution in [-0.2, 0) is 16.6 Å². The van der Waals surface area contributed by atoms with Crippen molar-refractivity contribution >= 4 is 46.3 Å². The number of hydrogen-bond acceptors (Lipinski definition) is 5. The number of benzene rings is 3. The molecule has 0 aliphatic carbocycles. The molecule has 4 aromatic rings. The van der Waals surface area contributed by atoms with E-state index in [4.69, 9.17) is 0 Å². The number of para-hydroxylation sites is 2. The van der Waals surface area contributed by atoms with Crippen LogP contribution < -0.4 is 10.2 Å². The number of nitrogens with one attached hydrogen (secondary N) is 1. The molecule has 3 aromatic carbocycles. The number of nitrogens with zero attached hydrogens (tertiary/aromatic N) is 1. The van der Waals surface area contributed by atoms with E-state index >= 15 is 0 Å². The molecule has 1 N–H and O–H groups in total. The quantitative estimate of drug-likeness (QED) is 0.279. The largest absolute Gasteiger partial charge is 0.352 e. The summed E-state index contributed by atoms with van der Waals surface area (Å²) in [6.45, 7) is 2.12. The van der Waals surface area contributed by atoms with Crippen molar-refractivity contribution in [2.75, 3.05) is 10.2 Å². The van der Waals surface area contributed by atoms with Gasteiger partial charge in [-0.1, -0.05) is 92.2 Å². The number of ketones is 2. The fourth-order valence-electron chi connectivity index (χ4n) is 6.99. The number of aryl methyl sites for hydroxylation is 1. The molecule has 4 heterocycles. The van der Waals surface area contributed by atoms with E-state index in [9.17, 15) is 14.4 Å². The second-order valence-electron chi connectivity index (χ2n) is 10.7. The summed E-state index contributed by atoms with van der Waals surface area (Å²) in [7, 11) is 0. The molecule has 1 amide bonds. The van der Waals surface area contributed by atoms with E-state index in [0.717, 1.165) is 35.2 Å². The third-order valence-electron chi connectivity index (χ3n) is 8.63. The monoisotopic (exact) mass is 544 g/mol. The number of carbonyl (C=O) groups is 3. The van der Waals surface area contributed by atoms with Crippen LogP contribution in [-0.4, -0.2) is 29.6 Å². The number of hydrogen-bond donors (Lipinski definition) is 1. The Labute approximate surface area is 237 Å². The second-order valence-corrected chi connectivity index (χ2v) is 11.7. The third kappa shape index (κ3) is 3.42. The second kappa shape index (κ2) is 9.42. The molecule has 40 heavy (non-hydrogen) atoms. The smallest absolute Gasteiger partial charge is 0.238 e. The lowest BCUT2D eigenvalue weighted by Crippen LogP contribution is -2.51. The van der Waals surface area contributed by atoms with E-state index in [0.29, 0.717) is 16.1 Å². The fourth-order valence-corrected chi connectivity index (χ4v) is 7.69. The lowest BCUT2D eigenvalue weighted by atomic mass is 9.64. The normalized spacial score (nSPS) is 24.0. The summed E-state index contributed by atoms with van der Waals surface area (Å²) in [4.78, 5) is 46.2. The molecule has 0 bridgehead atoms. The highest BCUT2D eigenvalue weighted by Crippen LogP contribution is 2.58. The minimum Gasteiger partial charge on any atom is -0.352 e. The van der Waals surface area contributed by atoms with Gasteiger partial charge in [-0.15, -0.1) is 11.3 Å². The van der Waals surface area contributed by atoms with Crippen molar-refractivity contribution in [1.29, 1.82) is 0 Å². The number of thiophene rings is 1. The van der Waals surface area contributed by atoms with Gasteiger partial charge in [0.25, 0.3) is 0 Å².